The van der Waals surface area contributed by atoms with Crippen LogP contribution >= 0.6 is 0 Å². The smallest absolute Gasteiger partial charge is 0.240 e. The van der Waals surface area contributed by atoms with Gasteiger partial charge in [0.2, 0.25) is 11.8 Å². The van der Waals surface area contributed by atoms with E-state index in [4.69, 9.17) is 4.74 Å². The van der Waals surface area contributed by atoms with Gasteiger partial charge in [0, 0.05) is 0 Å². The Morgan fingerprint density at radius 1 is 1.00 bits per heavy atom. The van der Waals surface area contributed by atoms with Gasteiger partial charge in [0.25, 0.3) is 0 Å². The lowest BCUT2D eigenvalue weighted by Crippen LogP contribution is -2.34. The normalized spacial score (nSPS) is 35.3. The Bertz CT molecular complexity index is 592. The number of carbonyl (C=O) groups excluding carboxylic acids is 2. The number of carbonyl (C=O) groups is 2. The number of imide groups is 1. The highest BCUT2D eigenvalue weighted by atomic mass is 16.5. The fourth-order valence-corrected chi connectivity index (χ4v) is 3.36. The number of rotatable bonds is 1. The fourth-order valence-electron chi connectivity index (χ4n) is 3.36. The van der Waals surface area contributed by atoms with Gasteiger partial charge < -0.3 is 4.74 Å². The Morgan fingerprint density at radius 2 is 1.58 bits per heavy atom. The molecule has 96 valence electrons. The van der Waals surface area contributed by atoms with Crippen molar-refractivity contribution in [1.29, 1.82) is 0 Å². The van der Waals surface area contributed by atoms with Crippen LogP contribution in [-0.4, -0.2) is 24.0 Å². The van der Waals surface area contributed by atoms with E-state index in [9.17, 15) is 9.59 Å². The number of aryl methyl sites for hydroxylation is 1. The predicted octanol–water partition coefficient (Wildman–Crippen LogP) is 1.44. The minimum absolute atomic E-state index is 0.124. The minimum Gasteiger partial charge on any atom is -0.365 e. The third kappa shape index (κ3) is 1.27. The lowest BCUT2D eigenvalue weighted by atomic mass is 9.85. The van der Waals surface area contributed by atoms with E-state index in [1.165, 1.54) is 4.90 Å². The van der Waals surface area contributed by atoms with Crippen molar-refractivity contribution in [1.82, 2.24) is 0 Å². The van der Waals surface area contributed by atoms with Gasteiger partial charge in [-0.1, -0.05) is 30.4 Å². The zero-order valence-electron chi connectivity index (χ0n) is 10.4. The molecule has 1 aromatic carbocycles. The number of amides is 2. The van der Waals surface area contributed by atoms with Crippen LogP contribution in [0.15, 0.2) is 36.4 Å². The Kier molecular flexibility index (Phi) is 2.04. The number of benzene rings is 1. The van der Waals surface area contributed by atoms with Crippen LogP contribution in [0.1, 0.15) is 5.56 Å². The van der Waals surface area contributed by atoms with Crippen LogP contribution in [0.4, 0.5) is 5.69 Å². The monoisotopic (exact) mass is 255 g/mol. The van der Waals surface area contributed by atoms with E-state index in [2.05, 4.69) is 0 Å². The molecule has 0 saturated carbocycles. The Balaban J connectivity index is 1.79. The number of fused-ring (bicyclic) bond motifs is 5. The summed E-state index contributed by atoms with van der Waals surface area (Å²) in [6.07, 6.45) is 3.36. The van der Waals surface area contributed by atoms with Crippen LogP contribution < -0.4 is 4.90 Å². The molecule has 4 rings (SSSR count). The molecule has 2 fully saturated rings. The number of nitrogens with zero attached hydrogens (tertiary/aromatic N) is 1. The molecule has 2 saturated heterocycles. The van der Waals surface area contributed by atoms with E-state index in [0.717, 1.165) is 5.56 Å². The molecule has 0 aromatic heterocycles. The van der Waals surface area contributed by atoms with Gasteiger partial charge in [-0.05, 0) is 18.6 Å². The highest BCUT2D eigenvalue weighted by Crippen LogP contribution is 2.46. The first-order valence-corrected chi connectivity index (χ1v) is 6.46. The van der Waals surface area contributed by atoms with Crippen molar-refractivity contribution in [3.63, 3.8) is 0 Å². The average Bonchev–Trinajstić information content (AvgIpc) is 3.06. The zero-order chi connectivity index (χ0) is 13.1. The molecule has 0 N–H and O–H groups in total. The summed E-state index contributed by atoms with van der Waals surface area (Å²) in [7, 11) is 0. The van der Waals surface area contributed by atoms with Crippen molar-refractivity contribution in [3.05, 3.63) is 42.0 Å². The largest absolute Gasteiger partial charge is 0.365 e. The molecule has 2 amide bonds. The lowest BCUT2D eigenvalue weighted by Gasteiger charge is -2.19. The molecular formula is C15H13NO3. The van der Waals surface area contributed by atoms with Crippen LogP contribution in [0.25, 0.3) is 0 Å². The summed E-state index contributed by atoms with van der Waals surface area (Å²) >= 11 is 0. The summed E-state index contributed by atoms with van der Waals surface area (Å²) in [4.78, 5) is 26.4. The molecule has 4 heteroatoms. The molecule has 19 heavy (non-hydrogen) atoms. The van der Waals surface area contributed by atoms with Crippen LogP contribution in [0.3, 0.4) is 0 Å². The zero-order valence-corrected chi connectivity index (χ0v) is 10.4. The quantitative estimate of drug-likeness (QED) is 0.563. The second kappa shape index (κ2) is 3.54. The summed E-state index contributed by atoms with van der Waals surface area (Å²) in [6.45, 7) is 1.91. The topological polar surface area (TPSA) is 46.6 Å². The highest BCUT2D eigenvalue weighted by Gasteiger charge is 2.61. The van der Waals surface area contributed by atoms with Crippen LogP contribution in [0.2, 0.25) is 0 Å². The van der Waals surface area contributed by atoms with Gasteiger partial charge in [0.05, 0.1) is 29.7 Å². The molecular weight excluding hydrogens is 242 g/mol. The molecule has 3 heterocycles. The molecule has 3 aliphatic rings. The fraction of sp³-hybridized carbons (Fsp3) is 0.333. The van der Waals surface area contributed by atoms with Crippen molar-refractivity contribution >= 4 is 17.5 Å². The SMILES string of the molecule is Cc1ccccc1N1C(=O)[C@@H]2[C@H](C1=O)[C@@H]1C=C[C@H]2O1. The van der Waals surface area contributed by atoms with Gasteiger partial charge >= 0.3 is 0 Å². The van der Waals surface area contributed by atoms with E-state index in [1.54, 1.807) is 0 Å². The standard InChI is InChI=1S/C15H13NO3/c1-8-4-2-3-5-9(8)16-14(17)12-10-6-7-11(19-10)13(12)15(16)18/h2-7,10-13H,1H3/t10-,11+,12+,13-. The maximum atomic E-state index is 12.5. The van der Waals surface area contributed by atoms with Crippen molar-refractivity contribution in [2.75, 3.05) is 4.90 Å². The van der Waals surface area contributed by atoms with Gasteiger partial charge in [0.15, 0.2) is 0 Å². The van der Waals surface area contributed by atoms with E-state index in [-0.39, 0.29) is 35.9 Å². The molecule has 3 aliphatic heterocycles. The summed E-state index contributed by atoms with van der Waals surface area (Å²) in [5.74, 6) is -0.911. The highest BCUT2D eigenvalue weighted by molar-refractivity contribution is 6.23. The molecule has 2 bridgehead atoms. The van der Waals surface area contributed by atoms with E-state index in [1.807, 2.05) is 43.3 Å². The van der Waals surface area contributed by atoms with Crippen molar-refractivity contribution in [3.8, 4) is 0 Å². The number of hydrogen-bond donors (Lipinski definition) is 0. The summed E-state index contributed by atoms with van der Waals surface area (Å²) in [5, 5.41) is 0. The van der Waals surface area contributed by atoms with Gasteiger partial charge in [0.1, 0.15) is 0 Å². The molecule has 0 aliphatic carbocycles. The Hall–Kier alpha value is -1.94. The third-order valence-corrected chi connectivity index (χ3v) is 4.27. The van der Waals surface area contributed by atoms with E-state index < -0.39 is 0 Å². The second-order valence-electron chi connectivity index (χ2n) is 5.30. The van der Waals surface area contributed by atoms with Crippen molar-refractivity contribution in [2.24, 2.45) is 11.8 Å². The van der Waals surface area contributed by atoms with E-state index >= 15 is 0 Å². The maximum Gasteiger partial charge on any atom is 0.240 e. The first-order chi connectivity index (χ1) is 9.18. The molecule has 4 nitrogen and oxygen atoms in total. The molecule has 4 atom stereocenters. The minimum atomic E-state index is -0.331. The Morgan fingerprint density at radius 3 is 2.16 bits per heavy atom. The van der Waals surface area contributed by atoms with E-state index in [0.29, 0.717) is 5.69 Å². The van der Waals surface area contributed by atoms with Crippen molar-refractivity contribution in [2.45, 2.75) is 19.1 Å². The maximum absolute atomic E-state index is 12.5. The molecule has 0 unspecified atom stereocenters. The third-order valence-electron chi connectivity index (χ3n) is 4.27. The van der Waals surface area contributed by atoms with Crippen LogP contribution in [0.5, 0.6) is 0 Å². The average molecular weight is 255 g/mol. The van der Waals surface area contributed by atoms with Crippen molar-refractivity contribution < 1.29 is 14.3 Å². The Labute approximate surface area is 110 Å². The number of hydrogen-bond acceptors (Lipinski definition) is 3. The summed E-state index contributed by atoms with van der Waals surface area (Å²) in [5.41, 5.74) is 1.64. The van der Waals surface area contributed by atoms with Gasteiger partial charge in [-0.15, -0.1) is 0 Å². The number of ether oxygens (including phenoxy) is 1. The predicted molar refractivity (Wildman–Crippen MR) is 68.5 cm³/mol. The van der Waals surface area contributed by atoms with Gasteiger partial charge in [-0.2, -0.15) is 0 Å². The summed E-state index contributed by atoms with van der Waals surface area (Å²) in [6, 6.07) is 7.48. The first kappa shape index (κ1) is 10.9. The van der Waals surface area contributed by atoms with Crippen LogP contribution in [-0.2, 0) is 14.3 Å². The number of anilines is 1. The van der Waals surface area contributed by atoms with Gasteiger partial charge in [-0.3, -0.25) is 9.59 Å². The molecule has 0 spiro atoms. The second-order valence-corrected chi connectivity index (χ2v) is 5.30. The molecule has 0 radical (unpaired) electrons. The lowest BCUT2D eigenvalue weighted by molar-refractivity contribution is -0.124. The summed E-state index contributed by atoms with van der Waals surface area (Å²) < 4.78 is 5.62. The van der Waals surface area contributed by atoms with Gasteiger partial charge in [-0.25, -0.2) is 4.90 Å². The number of para-hydroxylation sites is 1. The first-order valence-electron chi connectivity index (χ1n) is 6.46. The molecule has 1 aromatic rings. The van der Waals surface area contributed by atoms with Crippen LogP contribution in [0, 0.1) is 18.8 Å².